The van der Waals surface area contributed by atoms with E-state index in [1.165, 1.54) is 18.2 Å². The Kier molecular flexibility index (Phi) is 6.21. The summed E-state index contributed by atoms with van der Waals surface area (Å²) < 4.78 is 40.9. The molecular formula is C20H19Cl2F3N4O2. The van der Waals surface area contributed by atoms with Gasteiger partial charge in [-0.2, -0.15) is 13.2 Å². The second-order valence-electron chi connectivity index (χ2n) is 8.10. The SMILES string of the molecule is CC(C)(C)C(=O)Cn1nc(-c2ccc(Cl)cc2Cl)n(C2=CCC(C(F)(F)F)N=C2)c1=O. The molecule has 0 bridgehead atoms. The van der Waals surface area contributed by atoms with Crippen LogP contribution < -0.4 is 5.69 Å². The standard InChI is InChI=1S/C20H19Cl2F3N4O2/c1-19(2,3)16(30)10-28-18(31)29(12-5-7-15(26-9-12)20(23,24)25)17(27-28)13-6-4-11(21)8-14(13)22/h4-6,8-9,15H,7,10H2,1-3H3. The number of dihydropyridines is 1. The molecule has 0 saturated heterocycles. The van der Waals surface area contributed by atoms with E-state index in [0.717, 1.165) is 15.5 Å². The molecule has 0 saturated carbocycles. The van der Waals surface area contributed by atoms with Crippen LogP contribution in [0.25, 0.3) is 17.1 Å². The summed E-state index contributed by atoms with van der Waals surface area (Å²) in [4.78, 5) is 29.1. The molecule has 11 heteroatoms. The average molecular weight is 475 g/mol. The van der Waals surface area contributed by atoms with Crippen molar-refractivity contribution in [1.29, 1.82) is 0 Å². The molecule has 2 heterocycles. The number of rotatable bonds is 4. The summed E-state index contributed by atoms with van der Waals surface area (Å²) in [5.74, 6) is -0.173. The van der Waals surface area contributed by atoms with Crippen LogP contribution in [0.5, 0.6) is 0 Å². The molecule has 2 aromatic rings. The Balaban J connectivity index is 2.13. The van der Waals surface area contributed by atoms with Crippen LogP contribution in [0.15, 0.2) is 34.1 Å². The molecule has 166 valence electrons. The van der Waals surface area contributed by atoms with Crippen molar-refractivity contribution in [3.8, 4) is 11.4 Å². The second kappa shape index (κ2) is 8.27. The lowest BCUT2D eigenvalue weighted by Gasteiger charge is -2.19. The number of halogens is 5. The van der Waals surface area contributed by atoms with Gasteiger partial charge in [-0.15, -0.1) is 5.10 Å². The molecule has 0 fully saturated rings. The zero-order valence-corrected chi connectivity index (χ0v) is 18.4. The summed E-state index contributed by atoms with van der Waals surface area (Å²) in [6, 6.07) is 2.65. The highest BCUT2D eigenvalue weighted by atomic mass is 35.5. The lowest BCUT2D eigenvalue weighted by molar-refractivity contribution is -0.146. The highest BCUT2D eigenvalue weighted by molar-refractivity contribution is 6.36. The molecule has 1 unspecified atom stereocenters. The van der Waals surface area contributed by atoms with E-state index in [1.807, 2.05) is 0 Å². The summed E-state index contributed by atoms with van der Waals surface area (Å²) in [7, 11) is 0. The van der Waals surface area contributed by atoms with Crippen molar-refractivity contribution in [3.05, 3.63) is 44.8 Å². The molecular weight excluding hydrogens is 456 g/mol. The molecule has 1 aromatic heterocycles. The number of aromatic nitrogens is 3. The highest BCUT2D eigenvalue weighted by Gasteiger charge is 2.39. The maximum Gasteiger partial charge on any atom is 0.411 e. The van der Waals surface area contributed by atoms with Gasteiger partial charge in [-0.3, -0.25) is 9.79 Å². The fraction of sp³-hybridized carbons (Fsp3) is 0.400. The van der Waals surface area contributed by atoms with Gasteiger partial charge in [0.15, 0.2) is 11.6 Å². The third kappa shape index (κ3) is 4.93. The number of hydrogen-bond donors (Lipinski definition) is 0. The van der Waals surface area contributed by atoms with E-state index < -0.39 is 29.7 Å². The number of Topliss-reactive ketones (excluding diaryl/α,β-unsaturated/α-hetero) is 1. The Morgan fingerprint density at radius 1 is 1.23 bits per heavy atom. The fourth-order valence-corrected chi connectivity index (χ4v) is 3.33. The van der Waals surface area contributed by atoms with Crippen molar-refractivity contribution < 1.29 is 18.0 Å². The second-order valence-corrected chi connectivity index (χ2v) is 8.94. The van der Waals surface area contributed by atoms with Gasteiger partial charge in [0.25, 0.3) is 0 Å². The number of benzene rings is 1. The van der Waals surface area contributed by atoms with Gasteiger partial charge in [0, 0.05) is 22.2 Å². The first kappa shape index (κ1) is 23.3. The van der Waals surface area contributed by atoms with E-state index in [1.54, 1.807) is 26.8 Å². The van der Waals surface area contributed by atoms with Crippen LogP contribution in [0.4, 0.5) is 13.2 Å². The summed E-state index contributed by atoms with van der Waals surface area (Å²) >= 11 is 12.2. The Morgan fingerprint density at radius 2 is 1.90 bits per heavy atom. The smallest absolute Gasteiger partial charge is 0.297 e. The van der Waals surface area contributed by atoms with Gasteiger partial charge in [-0.1, -0.05) is 50.0 Å². The summed E-state index contributed by atoms with van der Waals surface area (Å²) in [6.45, 7) is 4.83. The number of ketones is 1. The van der Waals surface area contributed by atoms with E-state index in [0.29, 0.717) is 10.6 Å². The maximum atomic E-state index is 13.1. The van der Waals surface area contributed by atoms with Gasteiger partial charge in [0.05, 0.1) is 10.7 Å². The minimum Gasteiger partial charge on any atom is -0.297 e. The Hall–Kier alpha value is -2.39. The van der Waals surface area contributed by atoms with Gasteiger partial charge < -0.3 is 0 Å². The zero-order valence-electron chi connectivity index (χ0n) is 16.9. The van der Waals surface area contributed by atoms with Crippen LogP contribution >= 0.6 is 23.2 Å². The largest absolute Gasteiger partial charge is 0.411 e. The van der Waals surface area contributed by atoms with Crippen LogP contribution in [0, 0.1) is 5.41 Å². The molecule has 0 amide bonds. The number of carbonyl (C=O) groups is 1. The molecule has 1 aliphatic rings. The summed E-state index contributed by atoms with van der Waals surface area (Å²) in [6.07, 6.45) is -2.68. The van der Waals surface area contributed by atoms with E-state index in [9.17, 15) is 22.8 Å². The number of allylic oxidation sites excluding steroid dienone is 1. The molecule has 0 radical (unpaired) electrons. The van der Waals surface area contributed by atoms with Crippen molar-refractivity contribution in [1.82, 2.24) is 14.3 Å². The van der Waals surface area contributed by atoms with Crippen molar-refractivity contribution in [2.75, 3.05) is 0 Å². The van der Waals surface area contributed by atoms with E-state index in [4.69, 9.17) is 23.2 Å². The van der Waals surface area contributed by atoms with Gasteiger partial charge in [0.2, 0.25) is 0 Å². The molecule has 1 aliphatic heterocycles. The molecule has 0 N–H and O–H groups in total. The lowest BCUT2D eigenvalue weighted by atomic mass is 9.91. The van der Waals surface area contributed by atoms with Crippen LogP contribution in [-0.2, 0) is 11.3 Å². The maximum absolute atomic E-state index is 13.1. The predicted octanol–water partition coefficient (Wildman–Crippen LogP) is 4.88. The normalized spacial score (nSPS) is 17.0. The van der Waals surface area contributed by atoms with Crippen LogP contribution in [-0.4, -0.2) is 38.6 Å². The summed E-state index contributed by atoms with van der Waals surface area (Å²) in [5.41, 5.74) is -0.965. The van der Waals surface area contributed by atoms with Crippen molar-refractivity contribution in [2.45, 2.75) is 46.0 Å². The third-order valence-electron chi connectivity index (χ3n) is 4.71. The topological polar surface area (TPSA) is 69.2 Å². The Morgan fingerprint density at radius 3 is 2.42 bits per heavy atom. The molecule has 6 nitrogen and oxygen atoms in total. The minimum absolute atomic E-state index is 0.0662. The number of aliphatic imine (C=N–C) groups is 1. The zero-order chi connectivity index (χ0) is 23.1. The van der Waals surface area contributed by atoms with Gasteiger partial charge in [-0.05, 0) is 24.6 Å². The summed E-state index contributed by atoms with van der Waals surface area (Å²) in [5, 5.41) is 4.81. The first-order valence-corrected chi connectivity index (χ1v) is 10.0. The highest BCUT2D eigenvalue weighted by Crippen LogP contribution is 2.32. The van der Waals surface area contributed by atoms with E-state index in [2.05, 4.69) is 10.1 Å². The van der Waals surface area contributed by atoms with E-state index >= 15 is 0 Å². The predicted molar refractivity (Wildman–Crippen MR) is 114 cm³/mol. The number of hydrogen-bond acceptors (Lipinski definition) is 4. The number of alkyl halides is 3. The van der Waals surface area contributed by atoms with Crippen LogP contribution in [0.1, 0.15) is 27.2 Å². The first-order chi connectivity index (χ1) is 14.3. The molecule has 1 aromatic carbocycles. The van der Waals surface area contributed by atoms with Crippen LogP contribution in [0.2, 0.25) is 10.0 Å². The average Bonchev–Trinajstić information content (AvgIpc) is 2.96. The number of nitrogens with zero attached hydrogens (tertiary/aromatic N) is 4. The van der Waals surface area contributed by atoms with E-state index in [-0.39, 0.29) is 28.9 Å². The van der Waals surface area contributed by atoms with Crippen molar-refractivity contribution in [3.63, 3.8) is 0 Å². The Bertz CT molecular complexity index is 1140. The van der Waals surface area contributed by atoms with Gasteiger partial charge >= 0.3 is 11.9 Å². The lowest BCUT2D eigenvalue weighted by Crippen LogP contribution is -2.33. The van der Waals surface area contributed by atoms with Crippen molar-refractivity contribution >= 4 is 40.9 Å². The molecule has 0 spiro atoms. The van der Waals surface area contributed by atoms with Crippen molar-refractivity contribution in [2.24, 2.45) is 10.4 Å². The molecule has 31 heavy (non-hydrogen) atoms. The fourth-order valence-electron chi connectivity index (χ4n) is 2.84. The number of carbonyl (C=O) groups excluding carboxylic acids is 1. The van der Waals surface area contributed by atoms with Gasteiger partial charge in [-0.25, -0.2) is 14.0 Å². The molecule has 1 atom stereocenters. The third-order valence-corrected chi connectivity index (χ3v) is 5.26. The quantitative estimate of drug-likeness (QED) is 0.633. The molecule has 0 aliphatic carbocycles. The Labute approximate surface area is 186 Å². The first-order valence-electron chi connectivity index (χ1n) is 9.28. The van der Waals surface area contributed by atoms with Gasteiger partial charge in [0.1, 0.15) is 12.6 Å². The monoisotopic (exact) mass is 474 g/mol. The van der Waals surface area contributed by atoms with Crippen LogP contribution in [0.3, 0.4) is 0 Å². The minimum atomic E-state index is -4.49. The molecule has 3 rings (SSSR count).